The minimum atomic E-state index is 0.0130. The number of aromatic nitrogens is 2. The van der Waals surface area contributed by atoms with Crippen LogP contribution >= 0.6 is 11.3 Å². The lowest BCUT2D eigenvalue weighted by Crippen LogP contribution is -2.54. The largest absolute Gasteiger partial charge is 0.341 e. The highest BCUT2D eigenvalue weighted by atomic mass is 32.1. The Kier molecular flexibility index (Phi) is 5.61. The van der Waals surface area contributed by atoms with Crippen molar-refractivity contribution in [2.45, 2.75) is 45.7 Å². The van der Waals surface area contributed by atoms with Crippen LogP contribution in [-0.2, 0) is 11.3 Å². The lowest BCUT2D eigenvalue weighted by molar-refractivity contribution is -0.138. The van der Waals surface area contributed by atoms with E-state index in [0.717, 1.165) is 68.7 Å². The summed E-state index contributed by atoms with van der Waals surface area (Å²) in [7, 11) is 0. The number of piperazine rings is 1. The second-order valence-corrected chi connectivity index (χ2v) is 7.86. The van der Waals surface area contributed by atoms with Crippen molar-refractivity contribution in [2.75, 3.05) is 39.3 Å². The third kappa shape index (κ3) is 4.28. The lowest BCUT2D eigenvalue weighted by Gasteiger charge is -2.39. The molecule has 2 aliphatic heterocycles. The molecule has 23 heavy (non-hydrogen) atoms. The van der Waals surface area contributed by atoms with Gasteiger partial charge in [0, 0.05) is 39.3 Å². The van der Waals surface area contributed by atoms with Crippen molar-refractivity contribution in [3.8, 4) is 0 Å². The van der Waals surface area contributed by atoms with Gasteiger partial charge in [-0.15, -0.1) is 21.5 Å². The highest BCUT2D eigenvalue weighted by Crippen LogP contribution is 2.16. The van der Waals surface area contributed by atoms with Gasteiger partial charge >= 0.3 is 0 Å². The molecule has 1 aromatic heterocycles. The van der Waals surface area contributed by atoms with E-state index in [1.54, 1.807) is 11.3 Å². The Morgan fingerprint density at radius 2 is 1.78 bits per heavy atom. The summed E-state index contributed by atoms with van der Waals surface area (Å²) in [6.07, 6.45) is 3.59. The highest BCUT2D eigenvalue weighted by molar-refractivity contribution is 7.11. The van der Waals surface area contributed by atoms with Crippen LogP contribution in [0.15, 0.2) is 0 Å². The summed E-state index contributed by atoms with van der Waals surface area (Å²) in [6.45, 7) is 10.7. The van der Waals surface area contributed by atoms with Gasteiger partial charge in [-0.25, -0.2) is 0 Å². The van der Waals surface area contributed by atoms with E-state index in [1.807, 2.05) is 6.92 Å². The fourth-order valence-electron chi connectivity index (χ4n) is 3.44. The van der Waals surface area contributed by atoms with Crippen LogP contribution in [-0.4, -0.2) is 76.1 Å². The average Bonchev–Trinajstić information content (AvgIpc) is 3.00. The second-order valence-electron chi connectivity index (χ2n) is 6.59. The van der Waals surface area contributed by atoms with E-state index in [4.69, 9.17) is 0 Å². The van der Waals surface area contributed by atoms with E-state index in [0.29, 0.717) is 5.91 Å². The first-order valence-corrected chi connectivity index (χ1v) is 9.49. The fourth-order valence-corrected chi connectivity index (χ4v) is 4.19. The first-order chi connectivity index (χ1) is 11.1. The van der Waals surface area contributed by atoms with Crippen LogP contribution < -0.4 is 0 Å². The van der Waals surface area contributed by atoms with E-state index in [9.17, 15) is 4.79 Å². The predicted molar refractivity (Wildman–Crippen MR) is 91.4 cm³/mol. The van der Waals surface area contributed by atoms with Crippen molar-refractivity contribution in [2.24, 2.45) is 0 Å². The number of hydrogen-bond acceptors (Lipinski definition) is 6. The van der Waals surface area contributed by atoms with Gasteiger partial charge in [-0.05, 0) is 33.1 Å². The van der Waals surface area contributed by atoms with Crippen LogP contribution in [0.2, 0.25) is 0 Å². The Hall–Kier alpha value is -1.05. The Morgan fingerprint density at radius 1 is 1.09 bits per heavy atom. The quantitative estimate of drug-likeness (QED) is 0.830. The van der Waals surface area contributed by atoms with Crippen LogP contribution in [0.1, 0.15) is 36.2 Å². The van der Waals surface area contributed by atoms with Crippen molar-refractivity contribution in [1.29, 1.82) is 0 Å². The van der Waals surface area contributed by atoms with Crippen molar-refractivity contribution >= 4 is 17.2 Å². The van der Waals surface area contributed by atoms with Gasteiger partial charge in [0.25, 0.3) is 0 Å². The zero-order valence-corrected chi connectivity index (χ0v) is 15.0. The first kappa shape index (κ1) is 16.8. The van der Waals surface area contributed by atoms with Crippen molar-refractivity contribution < 1.29 is 4.79 Å². The van der Waals surface area contributed by atoms with Gasteiger partial charge in [-0.3, -0.25) is 14.6 Å². The zero-order valence-electron chi connectivity index (χ0n) is 14.2. The number of aryl methyl sites for hydroxylation is 1. The van der Waals surface area contributed by atoms with Gasteiger partial charge in [0.1, 0.15) is 10.0 Å². The van der Waals surface area contributed by atoms with Crippen LogP contribution in [0.4, 0.5) is 0 Å². The molecule has 2 fully saturated rings. The van der Waals surface area contributed by atoms with Gasteiger partial charge in [0.15, 0.2) is 0 Å². The van der Waals surface area contributed by atoms with Gasteiger partial charge in [0.05, 0.1) is 12.6 Å². The Labute approximate surface area is 142 Å². The fraction of sp³-hybridized carbons (Fsp3) is 0.812. The topological polar surface area (TPSA) is 52.6 Å². The maximum atomic E-state index is 12.6. The number of piperidine rings is 1. The Bertz CT molecular complexity index is 520. The maximum absolute atomic E-state index is 12.6. The molecule has 0 spiro atoms. The molecule has 2 aliphatic rings. The molecular weight excluding hydrogens is 310 g/mol. The van der Waals surface area contributed by atoms with E-state index in [-0.39, 0.29) is 6.04 Å². The summed E-state index contributed by atoms with van der Waals surface area (Å²) in [6, 6.07) is 0.0130. The molecule has 3 rings (SSSR count). The minimum absolute atomic E-state index is 0.0130. The number of amides is 1. The number of rotatable bonds is 4. The van der Waals surface area contributed by atoms with E-state index < -0.39 is 0 Å². The molecule has 128 valence electrons. The van der Waals surface area contributed by atoms with Crippen LogP contribution in [0.25, 0.3) is 0 Å². The number of carbonyl (C=O) groups is 1. The molecule has 0 aliphatic carbocycles. The maximum Gasteiger partial charge on any atom is 0.239 e. The molecule has 3 heterocycles. The molecule has 6 nitrogen and oxygen atoms in total. The Morgan fingerprint density at radius 3 is 2.39 bits per heavy atom. The number of hydrogen-bond donors (Lipinski definition) is 0. The zero-order chi connectivity index (χ0) is 16.2. The minimum Gasteiger partial charge on any atom is -0.341 e. The molecule has 2 saturated heterocycles. The first-order valence-electron chi connectivity index (χ1n) is 8.67. The number of nitrogens with zero attached hydrogens (tertiary/aromatic N) is 5. The Balaban J connectivity index is 1.46. The number of carbonyl (C=O) groups excluding carboxylic acids is 1. The van der Waals surface area contributed by atoms with Crippen LogP contribution in [0.3, 0.4) is 0 Å². The SMILES string of the molecule is Cc1nnc(CN2CCN([C@H](C)C(=O)N3CCCCC3)CC2)s1. The molecule has 0 aromatic carbocycles. The molecule has 1 aromatic rings. The molecule has 0 N–H and O–H groups in total. The molecule has 1 atom stereocenters. The number of likely N-dealkylation sites (tertiary alicyclic amines) is 1. The van der Waals surface area contributed by atoms with E-state index >= 15 is 0 Å². The normalized spacial score (nSPS) is 22.3. The monoisotopic (exact) mass is 337 g/mol. The summed E-state index contributed by atoms with van der Waals surface area (Å²) in [4.78, 5) is 19.4. The predicted octanol–water partition coefficient (Wildman–Crippen LogP) is 1.37. The summed E-state index contributed by atoms with van der Waals surface area (Å²) in [5.41, 5.74) is 0. The summed E-state index contributed by atoms with van der Waals surface area (Å²) < 4.78 is 0. The molecule has 1 amide bonds. The average molecular weight is 337 g/mol. The summed E-state index contributed by atoms with van der Waals surface area (Å²) >= 11 is 1.67. The van der Waals surface area contributed by atoms with Crippen molar-refractivity contribution in [3.05, 3.63) is 10.0 Å². The smallest absolute Gasteiger partial charge is 0.239 e. The van der Waals surface area contributed by atoms with E-state index in [1.165, 1.54) is 6.42 Å². The summed E-state index contributed by atoms with van der Waals surface area (Å²) in [5, 5.41) is 10.4. The molecule has 0 radical (unpaired) electrons. The van der Waals surface area contributed by atoms with Crippen molar-refractivity contribution in [1.82, 2.24) is 24.9 Å². The van der Waals surface area contributed by atoms with E-state index in [2.05, 4.69) is 31.8 Å². The molecule has 0 saturated carbocycles. The molecule has 7 heteroatoms. The molecule has 0 bridgehead atoms. The lowest BCUT2D eigenvalue weighted by atomic mass is 10.1. The second kappa shape index (κ2) is 7.68. The standard InChI is InChI=1S/C16H27N5OS/c1-13(16(22)21-6-4-3-5-7-21)20-10-8-19(9-11-20)12-15-18-17-14(2)23-15/h13H,3-12H2,1-2H3/t13-/m1/s1. The highest BCUT2D eigenvalue weighted by Gasteiger charge is 2.29. The third-order valence-corrected chi connectivity index (χ3v) is 5.73. The third-order valence-electron chi connectivity index (χ3n) is 4.91. The summed E-state index contributed by atoms with van der Waals surface area (Å²) in [5.74, 6) is 0.317. The van der Waals surface area contributed by atoms with Gasteiger partial charge in [0.2, 0.25) is 5.91 Å². The van der Waals surface area contributed by atoms with Crippen molar-refractivity contribution in [3.63, 3.8) is 0 Å². The van der Waals surface area contributed by atoms with Crippen LogP contribution in [0.5, 0.6) is 0 Å². The van der Waals surface area contributed by atoms with Gasteiger partial charge < -0.3 is 4.90 Å². The van der Waals surface area contributed by atoms with Crippen LogP contribution in [0, 0.1) is 6.92 Å². The molecule has 0 unspecified atom stereocenters. The van der Waals surface area contributed by atoms with Gasteiger partial charge in [-0.1, -0.05) is 0 Å². The molecular formula is C16H27N5OS. The van der Waals surface area contributed by atoms with Gasteiger partial charge in [-0.2, -0.15) is 0 Å².